The highest BCUT2D eigenvalue weighted by Crippen LogP contribution is 2.36. The number of aliphatic hydroxyl groups is 1. The number of aldehydes is 2. The van der Waals surface area contributed by atoms with Crippen molar-refractivity contribution in [1.82, 2.24) is 5.32 Å². The minimum atomic E-state index is -1.63. The summed E-state index contributed by atoms with van der Waals surface area (Å²) in [5.41, 5.74) is 4.48. The van der Waals surface area contributed by atoms with Gasteiger partial charge in [0.1, 0.15) is 17.7 Å². The van der Waals surface area contributed by atoms with Crippen LogP contribution in [-0.4, -0.2) is 17.7 Å². The van der Waals surface area contributed by atoms with Gasteiger partial charge in [-0.2, -0.15) is 0 Å². The largest absolute Gasteiger partial charge is 0.378 e. The van der Waals surface area contributed by atoms with Gasteiger partial charge in [-0.05, 0) is 116 Å². The predicted octanol–water partition coefficient (Wildman–Crippen LogP) is 11.9. The maximum atomic E-state index is 14.4. The Kier molecular flexibility index (Phi) is 20.3. The molecule has 3 aromatic carbocycles. The Bertz CT molecular complexity index is 1450. The molecule has 0 saturated heterocycles. The van der Waals surface area contributed by atoms with E-state index in [-0.39, 0.29) is 17.8 Å². The SMILES string of the molecule is CC/C=C(\CC(C)c1cc(Cl)ccc1C(C)(O)C=O)NC(c1ccc(Cl)cc1C)c1cc(F)ccc1C.CCCC=O.CCCCCC. The van der Waals surface area contributed by atoms with Gasteiger partial charge in [-0.1, -0.05) is 108 Å². The van der Waals surface area contributed by atoms with Gasteiger partial charge < -0.3 is 15.2 Å². The Morgan fingerprint density at radius 1 is 0.854 bits per heavy atom. The number of aryl methyl sites for hydroxylation is 2. The van der Waals surface area contributed by atoms with Crippen LogP contribution in [0.3, 0.4) is 0 Å². The second-order valence-electron chi connectivity index (χ2n) is 12.5. The summed E-state index contributed by atoms with van der Waals surface area (Å²) >= 11 is 12.6. The fraction of sp³-hybridized carbons (Fsp3) is 0.463. The van der Waals surface area contributed by atoms with E-state index in [1.807, 2.05) is 45.9 Å². The van der Waals surface area contributed by atoms with Crippen LogP contribution in [0.1, 0.15) is 138 Å². The van der Waals surface area contributed by atoms with Crippen molar-refractivity contribution in [3.05, 3.63) is 116 Å². The van der Waals surface area contributed by atoms with Crippen molar-refractivity contribution in [2.45, 2.75) is 124 Å². The third-order valence-corrected chi connectivity index (χ3v) is 8.55. The molecule has 2 N–H and O–H groups in total. The molecule has 7 heteroatoms. The summed E-state index contributed by atoms with van der Waals surface area (Å²) in [5, 5.41) is 15.6. The topological polar surface area (TPSA) is 66.4 Å². The molecule has 0 fully saturated rings. The third-order valence-electron chi connectivity index (χ3n) is 8.08. The summed E-state index contributed by atoms with van der Waals surface area (Å²) in [6.45, 7) is 16.0. The van der Waals surface area contributed by atoms with Gasteiger partial charge in [0, 0.05) is 22.2 Å². The molecule has 3 atom stereocenters. The summed E-state index contributed by atoms with van der Waals surface area (Å²) < 4.78 is 14.4. The number of hydrogen-bond donors (Lipinski definition) is 2. The molecular weight excluding hydrogens is 644 g/mol. The van der Waals surface area contributed by atoms with Gasteiger partial charge in [-0.15, -0.1) is 0 Å². The first-order chi connectivity index (χ1) is 22.8. The number of halogens is 3. The molecule has 48 heavy (non-hydrogen) atoms. The van der Waals surface area contributed by atoms with Crippen molar-refractivity contribution < 1.29 is 19.1 Å². The molecule has 0 amide bonds. The first-order valence-electron chi connectivity index (χ1n) is 17.2. The maximum absolute atomic E-state index is 14.4. The summed E-state index contributed by atoms with van der Waals surface area (Å²) in [4.78, 5) is 21.0. The van der Waals surface area contributed by atoms with Gasteiger partial charge >= 0.3 is 0 Å². The lowest BCUT2D eigenvalue weighted by Crippen LogP contribution is -2.27. The van der Waals surface area contributed by atoms with Crippen LogP contribution in [-0.2, 0) is 15.2 Å². The highest BCUT2D eigenvalue weighted by atomic mass is 35.5. The van der Waals surface area contributed by atoms with Crippen molar-refractivity contribution in [1.29, 1.82) is 0 Å². The van der Waals surface area contributed by atoms with Crippen molar-refractivity contribution in [2.75, 3.05) is 0 Å². The Morgan fingerprint density at radius 3 is 2.00 bits per heavy atom. The van der Waals surface area contributed by atoms with E-state index >= 15 is 0 Å². The molecule has 3 rings (SSSR count). The number of rotatable bonds is 15. The van der Waals surface area contributed by atoms with Crippen LogP contribution in [0.5, 0.6) is 0 Å². The van der Waals surface area contributed by atoms with Crippen molar-refractivity contribution in [3.63, 3.8) is 0 Å². The van der Waals surface area contributed by atoms with Crippen LogP contribution in [0, 0.1) is 19.7 Å². The molecule has 0 aromatic heterocycles. The number of benzene rings is 3. The lowest BCUT2D eigenvalue weighted by molar-refractivity contribution is -0.123. The number of nitrogens with one attached hydrogen (secondary N) is 1. The molecule has 0 saturated carbocycles. The second kappa shape index (κ2) is 22.6. The first kappa shape index (κ1) is 43.0. The van der Waals surface area contributed by atoms with Gasteiger partial charge in [0.2, 0.25) is 0 Å². The highest BCUT2D eigenvalue weighted by Gasteiger charge is 2.28. The zero-order valence-corrected chi connectivity index (χ0v) is 31.6. The molecule has 0 heterocycles. The normalized spacial score (nSPS) is 13.5. The average Bonchev–Trinajstić information content (AvgIpc) is 3.05. The van der Waals surface area contributed by atoms with E-state index in [0.29, 0.717) is 34.7 Å². The van der Waals surface area contributed by atoms with Crippen LogP contribution in [0.25, 0.3) is 0 Å². The van der Waals surface area contributed by atoms with Gasteiger partial charge in [-0.25, -0.2) is 4.39 Å². The van der Waals surface area contributed by atoms with Crippen LogP contribution in [0.15, 0.2) is 66.4 Å². The molecule has 3 aromatic rings. The molecular formula is C41H56Cl2FNO3. The predicted molar refractivity (Wildman–Crippen MR) is 202 cm³/mol. The van der Waals surface area contributed by atoms with Gasteiger partial charge in [0.05, 0.1) is 6.04 Å². The number of hydrogen-bond acceptors (Lipinski definition) is 4. The summed E-state index contributed by atoms with van der Waals surface area (Å²) in [6, 6.07) is 15.4. The number of carbonyl (C=O) groups is 2. The minimum absolute atomic E-state index is 0.0778. The Labute approximate surface area is 299 Å². The quantitative estimate of drug-likeness (QED) is 0.122. The fourth-order valence-electron chi connectivity index (χ4n) is 5.36. The van der Waals surface area contributed by atoms with Gasteiger partial charge in [-0.3, -0.25) is 4.79 Å². The zero-order chi connectivity index (χ0) is 36.3. The Balaban J connectivity index is 0.000000902. The van der Waals surface area contributed by atoms with Crippen molar-refractivity contribution in [3.8, 4) is 0 Å². The molecule has 264 valence electrons. The van der Waals surface area contributed by atoms with Crippen LogP contribution in [0.2, 0.25) is 10.0 Å². The monoisotopic (exact) mass is 699 g/mol. The number of carbonyl (C=O) groups excluding carboxylic acids is 2. The molecule has 0 aliphatic carbocycles. The molecule has 0 aliphatic rings. The number of allylic oxidation sites excluding steroid dienone is 2. The first-order valence-corrected chi connectivity index (χ1v) is 17.9. The van der Waals surface area contributed by atoms with Crippen LogP contribution in [0.4, 0.5) is 4.39 Å². The molecule has 0 bridgehead atoms. The zero-order valence-electron chi connectivity index (χ0n) is 30.1. The van der Waals surface area contributed by atoms with Crippen molar-refractivity contribution >= 4 is 35.8 Å². The lowest BCUT2D eigenvalue weighted by Gasteiger charge is -2.29. The summed E-state index contributed by atoms with van der Waals surface area (Å²) in [5.74, 6) is -0.376. The van der Waals surface area contributed by atoms with Gasteiger partial charge in [0.25, 0.3) is 0 Å². The van der Waals surface area contributed by atoms with E-state index in [9.17, 15) is 19.1 Å². The summed E-state index contributed by atoms with van der Waals surface area (Å²) in [7, 11) is 0. The standard InChI is InChI=1S/C31H34Cl2FNO2.C6H14.C4H8O/c1-6-7-25(15-21(4)27-16-23(33)10-13-29(27)31(5,37)18-36)35-30(26-12-9-22(32)14-20(26)3)28-17-24(34)11-8-19(28)2;1-3-5-6-4-2;1-2-3-4-5/h7-14,16-18,21,30,35,37H,6,15H2,1-5H3;3-6H2,1-2H3;4H,2-3H2,1H3/b25-7+;;. The average molecular weight is 701 g/mol. The Hall–Kier alpha value is -2.99. The van der Waals surface area contributed by atoms with E-state index in [4.69, 9.17) is 23.2 Å². The molecule has 3 unspecified atom stereocenters. The third kappa shape index (κ3) is 14.2. The Morgan fingerprint density at radius 2 is 1.48 bits per heavy atom. The maximum Gasteiger partial charge on any atom is 0.155 e. The van der Waals surface area contributed by atoms with Crippen molar-refractivity contribution in [2.24, 2.45) is 0 Å². The van der Waals surface area contributed by atoms with E-state index < -0.39 is 5.60 Å². The molecule has 0 aliphatic heterocycles. The van der Waals surface area contributed by atoms with E-state index in [1.165, 1.54) is 38.7 Å². The van der Waals surface area contributed by atoms with E-state index in [2.05, 4.69) is 32.2 Å². The van der Waals surface area contributed by atoms with Crippen LogP contribution >= 0.6 is 23.2 Å². The van der Waals surface area contributed by atoms with Crippen LogP contribution < -0.4 is 5.32 Å². The smallest absolute Gasteiger partial charge is 0.155 e. The highest BCUT2D eigenvalue weighted by molar-refractivity contribution is 6.31. The van der Waals surface area contributed by atoms with E-state index in [0.717, 1.165) is 52.6 Å². The fourth-order valence-corrected chi connectivity index (χ4v) is 5.77. The minimum Gasteiger partial charge on any atom is -0.378 e. The second-order valence-corrected chi connectivity index (χ2v) is 13.4. The molecule has 0 spiro atoms. The van der Waals surface area contributed by atoms with E-state index in [1.54, 1.807) is 30.3 Å². The lowest BCUT2D eigenvalue weighted by atomic mass is 9.84. The number of unbranched alkanes of at least 4 members (excludes halogenated alkanes) is 4. The van der Waals surface area contributed by atoms with Gasteiger partial charge in [0.15, 0.2) is 6.29 Å². The molecule has 0 radical (unpaired) electrons. The summed E-state index contributed by atoms with van der Waals surface area (Å²) in [6.07, 6.45) is 12.2. The molecule has 4 nitrogen and oxygen atoms in total.